The van der Waals surface area contributed by atoms with Crippen LogP contribution in [0, 0.1) is 0 Å². The summed E-state index contributed by atoms with van der Waals surface area (Å²) in [6, 6.07) is 11.4. The molecule has 3 aromatic rings. The number of tetrazole rings is 1. The largest absolute Gasteiger partial charge is 0.326 e. The predicted octanol–water partition coefficient (Wildman–Crippen LogP) is 1.84. The van der Waals surface area contributed by atoms with Gasteiger partial charge in [0.2, 0.25) is 5.82 Å². The van der Waals surface area contributed by atoms with Crippen LogP contribution in [0.4, 0.5) is 0 Å². The van der Waals surface area contributed by atoms with Gasteiger partial charge in [-0.05, 0) is 16.8 Å². The fourth-order valence-electron chi connectivity index (χ4n) is 1.75. The Morgan fingerprint density at radius 3 is 2.75 bits per heavy atom. The molecule has 0 saturated heterocycles. The molecular formula is C13H11ClN6. The number of aromatic nitrogens is 5. The highest BCUT2D eigenvalue weighted by molar-refractivity contribution is 6.31. The molecule has 0 radical (unpaired) electrons. The van der Waals surface area contributed by atoms with Crippen LogP contribution < -0.4 is 5.73 Å². The fraction of sp³-hybridized carbons (Fsp3) is 0.0769. The number of hydrogen-bond donors (Lipinski definition) is 1. The molecule has 100 valence electrons. The standard InChI is InChI=1S/C13H11ClN6/c14-11-8-16-12(6-10(11)7-15)20-18-13(17-19-20)9-4-2-1-3-5-9/h1-6,8H,7,15H2. The lowest BCUT2D eigenvalue weighted by Crippen LogP contribution is -2.05. The summed E-state index contributed by atoms with van der Waals surface area (Å²) in [6.07, 6.45) is 1.53. The third-order valence-electron chi connectivity index (χ3n) is 2.79. The minimum Gasteiger partial charge on any atom is -0.326 e. The highest BCUT2D eigenvalue weighted by Crippen LogP contribution is 2.17. The Labute approximate surface area is 120 Å². The summed E-state index contributed by atoms with van der Waals surface area (Å²) in [5.41, 5.74) is 7.30. The Balaban J connectivity index is 1.98. The Hall–Kier alpha value is -2.31. The van der Waals surface area contributed by atoms with Crippen LogP contribution in [0.2, 0.25) is 5.02 Å². The topological polar surface area (TPSA) is 82.5 Å². The van der Waals surface area contributed by atoms with Crippen molar-refractivity contribution in [1.29, 1.82) is 0 Å². The highest BCUT2D eigenvalue weighted by atomic mass is 35.5. The average Bonchev–Trinajstić information content (AvgIpc) is 2.98. The van der Waals surface area contributed by atoms with Gasteiger partial charge < -0.3 is 5.73 Å². The summed E-state index contributed by atoms with van der Waals surface area (Å²) >= 11 is 5.98. The molecule has 6 nitrogen and oxygen atoms in total. The van der Waals surface area contributed by atoms with Crippen molar-refractivity contribution in [1.82, 2.24) is 25.2 Å². The van der Waals surface area contributed by atoms with Gasteiger partial charge in [0.15, 0.2) is 5.82 Å². The molecule has 3 rings (SSSR count). The van der Waals surface area contributed by atoms with Crippen LogP contribution in [0.25, 0.3) is 17.2 Å². The van der Waals surface area contributed by atoms with Crippen molar-refractivity contribution in [2.45, 2.75) is 6.54 Å². The molecule has 0 saturated carbocycles. The number of pyridine rings is 1. The first-order valence-corrected chi connectivity index (χ1v) is 6.36. The van der Waals surface area contributed by atoms with E-state index < -0.39 is 0 Å². The highest BCUT2D eigenvalue weighted by Gasteiger charge is 2.09. The van der Waals surface area contributed by atoms with Crippen molar-refractivity contribution < 1.29 is 0 Å². The van der Waals surface area contributed by atoms with E-state index in [1.807, 2.05) is 30.3 Å². The summed E-state index contributed by atoms with van der Waals surface area (Å²) in [5.74, 6) is 1.07. The smallest absolute Gasteiger partial charge is 0.205 e. The minimum absolute atomic E-state index is 0.328. The van der Waals surface area contributed by atoms with E-state index in [1.54, 1.807) is 6.07 Å². The Morgan fingerprint density at radius 1 is 1.20 bits per heavy atom. The first kappa shape index (κ1) is 12.7. The van der Waals surface area contributed by atoms with Crippen molar-refractivity contribution in [3.8, 4) is 17.2 Å². The van der Waals surface area contributed by atoms with Gasteiger partial charge in [-0.2, -0.15) is 0 Å². The molecule has 20 heavy (non-hydrogen) atoms. The van der Waals surface area contributed by atoms with Crippen LogP contribution in [-0.4, -0.2) is 25.2 Å². The van der Waals surface area contributed by atoms with Crippen LogP contribution in [0.15, 0.2) is 42.6 Å². The molecule has 2 heterocycles. The molecule has 0 atom stereocenters. The molecule has 0 aliphatic heterocycles. The molecule has 1 aromatic carbocycles. The molecule has 2 aromatic heterocycles. The van der Waals surface area contributed by atoms with Crippen LogP contribution in [0.3, 0.4) is 0 Å². The third kappa shape index (κ3) is 2.38. The quantitative estimate of drug-likeness (QED) is 0.794. The van der Waals surface area contributed by atoms with Gasteiger partial charge in [0.25, 0.3) is 0 Å². The summed E-state index contributed by atoms with van der Waals surface area (Å²) < 4.78 is 0. The van der Waals surface area contributed by atoms with E-state index in [1.165, 1.54) is 11.0 Å². The van der Waals surface area contributed by atoms with Gasteiger partial charge in [0.05, 0.1) is 5.02 Å². The molecule has 0 unspecified atom stereocenters. The van der Waals surface area contributed by atoms with Crippen molar-refractivity contribution in [3.63, 3.8) is 0 Å². The number of rotatable bonds is 3. The zero-order valence-corrected chi connectivity index (χ0v) is 11.2. The van der Waals surface area contributed by atoms with Crippen molar-refractivity contribution in [2.24, 2.45) is 5.73 Å². The van der Waals surface area contributed by atoms with Crippen molar-refractivity contribution in [2.75, 3.05) is 0 Å². The van der Waals surface area contributed by atoms with Crippen molar-refractivity contribution in [3.05, 3.63) is 53.2 Å². The number of benzene rings is 1. The van der Waals surface area contributed by atoms with E-state index in [-0.39, 0.29) is 0 Å². The minimum atomic E-state index is 0.328. The molecule has 0 bridgehead atoms. The molecule has 0 fully saturated rings. The SMILES string of the molecule is NCc1cc(-n2nnc(-c3ccccc3)n2)ncc1Cl. The zero-order valence-electron chi connectivity index (χ0n) is 10.4. The molecule has 0 aliphatic rings. The van der Waals surface area contributed by atoms with E-state index in [4.69, 9.17) is 17.3 Å². The Kier molecular flexibility index (Phi) is 3.41. The van der Waals surface area contributed by atoms with Gasteiger partial charge in [-0.3, -0.25) is 0 Å². The van der Waals surface area contributed by atoms with E-state index >= 15 is 0 Å². The first-order valence-electron chi connectivity index (χ1n) is 5.98. The number of nitrogens with zero attached hydrogens (tertiary/aromatic N) is 5. The van der Waals surface area contributed by atoms with Gasteiger partial charge in [0.1, 0.15) is 0 Å². The maximum Gasteiger partial charge on any atom is 0.205 e. The summed E-state index contributed by atoms with van der Waals surface area (Å²) in [7, 11) is 0. The van der Waals surface area contributed by atoms with E-state index in [0.29, 0.717) is 23.2 Å². The first-order chi connectivity index (χ1) is 9.78. The molecular weight excluding hydrogens is 276 g/mol. The number of nitrogens with two attached hydrogens (primary N) is 1. The van der Waals surface area contributed by atoms with Gasteiger partial charge in [0, 0.05) is 18.3 Å². The normalized spacial score (nSPS) is 10.7. The van der Waals surface area contributed by atoms with Gasteiger partial charge in [-0.15, -0.1) is 15.0 Å². The monoisotopic (exact) mass is 286 g/mol. The molecule has 0 spiro atoms. The zero-order chi connectivity index (χ0) is 13.9. The summed E-state index contributed by atoms with van der Waals surface area (Å²) in [5, 5.41) is 12.8. The number of hydrogen-bond acceptors (Lipinski definition) is 5. The van der Waals surface area contributed by atoms with Gasteiger partial charge in [-0.25, -0.2) is 4.98 Å². The molecule has 0 amide bonds. The molecule has 0 aliphatic carbocycles. The lowest BCUT2D eigenvalue weighted by atomic mass is 10.2. The van der Waals surface area contributed by atoms with Crippen LogP contribution in [0.1, 0.15) is 5.56 Å². The second-order valence-electron chi connectivity index (χ2n) is 4.11. The lowest BCUT2D eigenvalue weighted by Gasteiger charge is -2.02. The fourth-order valence-corrected chi connectivity index (χ4v) is 1.93. The maximum absolute atomic E-state index is 5.98. The lowest BCUT2D eigenvalue weighted by molar-refractivity contribution is 0.699. The number of halogens is 1. The van der Waals surface area contributed by atoms with Crippen LogP contribution in [-0.2, 0) is 6.54 Å². The summed E-state index contributed by atoms with van der Waals surface area (Å²) in [6.45, 7) is 0.328. The summed E-state index contributed by atoms with van der Waals surface area (Å²) in [4.78, 5) is 5.53. The predicted molar refractivity (Wildman–Crippen MR) is 75.3 cm³/mol. The Morgan fingerprint density at radius 2 is 2.00 bits per heavy atom. The second-order valence-corrected chi connectivity index (χ2v) is 4.51. The van der Waals surface area contributed by atoms with Gasteiger partial charge in [-0.1, -0.05) is 41.9 Å². The van der Waals surface area contributed by atoms with E-state index in [0.717, 1.165) is 11.1 Å². The maximum atomic E-state index is 5.98. The molecule has 7 heteroatoms. The van der Waals surface area contributed by atoms with E-state index in [2.05, 4.69) is 20.4 Å². The third-order valence-corrected chi connectivity index (χ3v) is 3.13. The van der Waals surface area contributed by atoms with Crippen molar-refractivity contribution >= 4 is 11.6 Å². The van der Waals surface area contributed by atoms with Crippen LogP contribution in [0.5, 0.6) is 0 Å². The van der Waals surface area contributed by atoms with E-state index in [9.17, 15) is 0 Å². The average molecular weight is 287 g/mol. The Bertz CT molecular complexity index is 725. The van der Waals surface area contributed by atoms with Gasteiger partial charge >= 0.3 is 0 Å². The molecule has 2 N–H and O–H groups in total. The van der Waals surface area contributed by atoms with Crippen LogP contribution >= 0.6 is 11.6 Å². The second kappa shape index (κ2) is 5.36.